The fourth-order valence-electron chi connectivity index (χ4n) is 5.40. The van der Waals surface area contributed by atoms with Crippen LogP contribution in [-0.2, 0) is 12.0 Å². The SMILES string of the molecule is CC[C@]1(O)CCCc2ccc(-n3cc(F)c4cnc(Nc5ccc(N6CCN(C)CC6)cc5)nc43)nc21. The van der Waals surface area contributed by atoms with Gasteiger partial charge in [-0.2, -0.15) is 4.98 Å². The average Bonchev–Trinajstić information content (AvgIpc) is 3.25. The molecule has 9 heteroatoms. The van der Waals surface area contributed by atoms with Crippen LogP contribution in [0.3, 0.4) is 0 Å². The molecule has 2 aliphatic rings. The number of likely N-dealkylation sites (N-methyl/N-ethyl adjacent to an activating group) is 1. The van der Waals surface area contributed by atoms with Crippen molar-refractivity contribution in [1.82, 2.24) is 24.4 Å². The van der Waals surface area contributed by atoms with Crippen molar-refractivity contribution in [2.75, 3.05) is 43.4 Å². The third-order valence-electron chi connectivity index (χ3n) is 7.76. The number of aromatic nitrogens is 4. The number of pyridine rings is 1. The first-order valence-corrected chi connectivity index (χ1v) is 13.0. The Morgan fingerprint density at radius 3 is 2.59 bits per heavy atom. The molecule has 6 rings (SSSR count). The van der Waals surface area contributed by atoms with Gasteiger partial charge < -0.3 is 20.2 Å². The molecular formula is C28H32FN7O. The molecular weight excluding hydrogens is 469 g/mol. The zero-order valence-corrected chi connectivity index (χ0v) is 21.3. The van der Waals surface area contributed by atoms with Crippen LogP contribution in [0.2, 0.25) is 0 Å². The summed E-state index contributed by atoms with van der Waals surface area (Å²) in [6.45, 7) is 6.11. The van der Waals surface area contributed by atoms with Gasteiger partial charge in [0.25, 0.3) is 0 Å². The molecule has 1 aromatic carbocycles. The second-order valence-electron chi connectivity index (χ2n) is 10.2. The zero-order chi connectivity index (χ0) is 25.6. The van der Waals surface area contributed by atoms with Crippen LogP contribution in [0.1, 0.15) is 37.4 Å². The van der Waals surface area contributed by atoms with Gasteiger partial charge in [0.05, 0.1) is 11.1 Å². The Morgan fingerprint density at radius 1 is 1.05 bits per heavy atom. The molecule has 0 saturated carbocycles. The van der Waals surface area contributed by atoms with Gasteiger partial charge in [-0.3, -0.25) is 4.57 Å². The maximum absolute atomic E-state index is 14.8. The van der Waals surface area contributed by atoms with Gasteiger partial charge in [0.15, 0.2) is 11.5 Å². The lowest BCUT2D eigenvalue weighted by Gasteiger charge is -2.34. The Balaban J connectivity index is 1.29. The number of nitrogens with one attached hydrogen (secondary N) is 1. The lowest BCUT2D eigenvalue weighted by Crippen LogP contribution is -2.44. The number of nitrogens with zero attached hydrogens (tertiary/aromatic N) is 6. The van der Waals surface area contributed by atoms with Crippen LogP contribution in [0, 0.1) is 5.82 Å². The second-order valence-corrected chi connectivity index (χ2v) is 10.2. The normalized spacial score (nSPS) is 20.3. The molecule has 4 aromatic rings. The van der Waals surface area contributed by atoms with E-state index < -0.39 is 11.4 Å². The van der Waals surface area contributed by atoms with E-state index in [9.17, 15) is 9.50 Å². The molecule has 2 N–H and O–H groups in total. The monoisotopic (exact) mass is 501 g/mol. The largest absolute Gasteiger partial charge is 0.384 e. The summed E-state index contributed by atoms with van der Waals surface area (Å²) < 4.78 is 16.5. The van der Waals surface area contributed by atoms with Crippen LogP contribution < -0.4 is 10.2 Å². The summed E-state index contributed by atoms with van der Waals surface area (Å²) in [7, 11) is 2.15. The summed E-state index contributed by atoms with van der Waals surface area (Å²) in [5, 5.41) is 14.7. The Labute approximate surface area is 215 Å². The lowest BCUT2D eigenvalue weighted by molar-refractivity contribution is 0.0103. The number of benzene rings is 1. The summed E-state index contributed by atoms with van der Waals surface area (Å²) >= 11 is 0. The molecule has 1 aliphatic heterocycles. The van der Waals surface area contributed by atoms with Gasteiger partial charge >= 0.3 is 0 Å². The summed E-state index contributed by atoms with van der Waals surface area (Å²) in [5.41, 5.74) is 3.25. The van der Waals surface area contributed by atoms with E-state index in [-0.39, 0.29) is 0 Å². The molecule has 3 aromatic heterocycles. The molecule has 0 bridgehead atoms. The van der Waals surface area contributed by atoms with E-state index in [0.29, 0.717) is 41.3 Å². The molecule has 37 heavy (non-hydrogen) atoms. The fourth-order valence-corrected chi connectivity index (χ4v) is 5.40. The van der Waals surface area contributed by atoms with Crippen LogP contribution in [0.5, 0.6) is 0 Å². The highest BCUT2D eigenvalue weighted by Gasteiger charge is 2.34. The Kier molecular flexibility index (Phi) is 6.04. The maximum Gasteiger partial charge on any atom is 0.229 e. The van der Waals surface area contributed by atoms with Crippen molar-refractivity contribution in [2.45, 2.75) is 38.2 Å². The molecule has 4 heterocycles. The van der Waals surface area contributed by atoms with Gasteiger partial charge in [-0.1, -0.05) is 13.0 Å². The number of aliphatic hydroxyl groups is 1. The Morgan fingerprint density at radius 2 is 1.84 bits per heavy atom. The third-order valence-corrected chi connectivity index (χ3v) is 7.76. The highest BCUT2D eigenvalue weighted by molar-refractivity contribution is 5.79. The van der Waals surface area contributed by atoms with Crippen molar-refractivity contribution >= 4 is 28.4 Å². The van der Waals surface area contributed by atoms with E-state index in [2.05, 4.69) is 44.3 Å². The van der Waals surface area contributed by atoms with Crippen molar-refractivity contribution in [3.05, 3.63) is 65.9 Å². The van der Waals surface area contributed by atoms with E-state index in [1.807, 2.05) is 31.2 Å². The minimum Gasteiger partial charge on any atom is -0.384 e. The predicted octanol–water partition coefficient (Wildman–Crippen LogP) is 4.38. The molecule has 0 amide bonds. The topological polar surface area (TPSA) is 82.3 Å². The summed E-state index contributed by atoms with van der Waals surface area (Å²) in [6, 6.07) is 12.1. The number of hydrogen-bond acceptors (Lipinski definition) is 7. The first-order valence-electron chi connectivity index (χ1n) is 13.0. The smallest absolute Gasteiger partial charge is 0.229 e. The molecule has 0 unspecified atom stereocenters. The highest BCUT2D eigenvalue weighted by Crippen LogP contribution is 2.37. The summed E-state index contributed by atoms with van der Waals surface area (Å²) in [6.07, 6.45) is 5.96. The lowest BCUT2D eigenvalue weighted by atomic mass is 9.81. The second kappa shape index (κ2) is 9.39. The van der Waals surface area contributed by atoms with Gasteiger partial charge in [0, 0.05) is 49.9 Å². The van der Waals surface area contributed by atoms with Crippen molar-refractivity contribution in [1.29, 1.82) is 0 Å². The number of anilines is 3. The van der Waals surface area contributed by atoms with Crippen molar-refractivity contribution < 1.29 is 9.50 Å². The third kappa shape index (κ3) is 4.42. The van der Waals surface area contributed by atoms with E-state index in [1.165, 1.54) is 18.1 Å². The number of hydrogen-bond donors (Lipinski definition) is 2. The minimum absolute atomic E-state index is 0.321. The Hall–Kier alpha value is -3.56. The standard InChI is InChI=1S/C28H32FN7O/c1-3-28(37)12-4-5-19-6-11-24(32-25(19)28)36-18-23(29)22-17-30-27(33-26(22)36)31-20-7-9-21(10-8-20)35-15-13-34(2)14-16-35/h6-11,17-18,37H,3-5,12-16H2,1-2H3,(H,30,31,33)/t28-/m0/s1. The number of fused-ring (bicyclic) bond motifs is 2. The molecule has 8 nitrogen and oxygen atoms in total. The van der Waals surface area contributed by atoms with E-state index in [1.54, 1.807) is 4.57 Å². The van der Waals surface area contributed by atoms with Gasteiger partial charge in [-0.15, -0.1) is 0 Å². The fraction of sp³-hybridized carbons (Fsp3) is 0.393. The predicted molar refractivity (Wildman–Crippen MR) is 143 cm³/mol. The number of halogens is 1. The first kappa shape index (κ1) is 23.8. The molecule has 1 saturated heterocycles. The first-order chi connectivity index (χ1) is 17.9. The molecule has 1 fully saturated rings. The molecule has 0 radical (unpaired) electrons. The molecule has 1 atom stereocenters. The number of piperazine rings is 1. The zero-order valence-electron chi connectivity index (χ0n) is 21.3. The van der Waals surface area contributed by atoms with Crippen LogP contribution >= 0.6 is 0 Å². The van der Waals surface area contributed by atoms with Gasteiger partial charge in [-0.05, 0) is 68.6 Å². The molecule has 192 valence electrons. The maximum atomic E-state index is 14.8. The number of aryl methyl sites for hydroxylation is 1. The molecule has 1 aliphatic carbocycles. The number of rotatable bonds is 5. The quantitative estimate of drug-likeness (QED) is 0.420. The van der Waals surface area contributed by atoms with Crippen LogP contribution in [0.25, 0.3) is 16.9 Å². The van der Waals surface area contributed by atoms with Crippen LogP contribution in [-0.4, -0.2) is 62.8 Å². The Bertz CT molecular complexity index is 1430. The van der Waals surface area contributed by atoms with Crippen molar-refractivity contribution in [2.24, 2.45) is 0 Å². The van der Waals surface area contributed by atoms with Crippen molar-refractivity contribution in [3.63, 3.8) is 0 Å². The van der Waals surface area contributed by atoms with Crippen LogP contribution in [0.4, 0.5) is 21.7 Å². The van der Waals surface area contributed by atoms with E-state index >= 15 is 0 Å². The van der Waals surface area contributed by atoms with Crippen LogP contribution in [0.15, 0.2) is 48.8 Å². The summed E-state index contributed by atoms with van der Waals surface area (Å²) in [4.78, 5) is 18.5. The minimum atomic E-state index is -0.955. The highest BCUT2D eigenvalue weighted by atomic mass is 19.1. The summed E-state index contributed by atoms with van der Waals surface area (Å²) in [5.74, 6) is 0.494. The van der Waals surface area contributed by atoms with E-state index in [4.69, 9.17) is 4.98 Å². The van der Waals surface area contributed by atoms with Crippen molar-refractivity contribution in [3.8, 4) is 5.82 Å². The van der Waals surface area contributed by atoms with E-state index in [0.717, 1.165) is 50.3 Å². The van der Waals surface area contributed by atoms with Gasteiger partial charge in [-0.25, -0.2) is 14.4 Å². The van der Waals surface area contributed by atoms with Gasteiger partial charge in [0.2, 0.25) is 5.95 Å². The average molecular weight is 502 g/mol. The van der Waals surface area contributed by atoms with Gasteiger partial charge in [0.1, 0.15) is 11.4 Å². The molecule has 0 spiro atoms.